The van der Waals surface area contributed by atoms with Crippen molar-refractivity contribution in [1.82, 2.24) is 4.98 Å². The molecule has 16 heavy (non-hydrogen) atoms. The van der Waals surface area contributed by atoms with Crippen LogP contribution in [0, 0.1) is 0 Å². The Morgan fingerprint density at radius 2 is 2.19 bits per heavy atom. The SMILES string of the molecule is CN1CCOc2c1ccc1c(Cl)nccc21. The molecule has 1 aliphatic rings. The molecule has 1 aromatic carbocycles. The van der Waals surface area contributed by atoms with E-state index in [0.717, 1.165) is 28.8 Å². The Balaban J connectivity index is 2.35. The van der Waals surface area contributed by atoms with Gasteiger partial charge in [0.15, 0.2) is 5.75 Å². The van der Waals surface area contributed by atoms with E-state index >= 15 is 0 Å². The number of hydrogen-bond acceptors (Lipinski definition) is 3. The zero-order valence-corrected chi connectivity index (χ0v) is 9.66. The van der Waals surface area contributed by atoms with E-state index in [0.29, 0.717) is 11.8 Å². The number of likely N-dealkylation sites (N-methyl/N-ethyl adjacent to an activating group) is 1. The van der Waals surface area contributed by atoms with Gasteiger partial charge in [-0.1, -0.05) is 11.6 Å². The summed E-state index contributed by atoms with van der Waals surface area (Å²) in [6.45, 7) is 1.62. The minimum Gasteiger partial charge on any atom is -0.489 e. The van der Waals surface area contributed by atoms with Crippen molar-refractivity contribution in [3.8, 4) is 5.75 Å². The number of ether oxygens (including phenoxy) is 1. The summed E-state index contributed by atoms with van der Waals surface area (Å²) in [7, 11) is 2.07. The average molecular weight is 235 g/mol. The number of pyridine rings is 1. The highest BCUT2D eigenvalue weighted by Gasteiger charge is 2.18. The van der Waals surface area contributed by atoms with Gasteiger partial charge < -0.3 is 9.64 Å². The number of halogens is 1. The molecule has 1 aliphatic heterocycles. The van der Waals surface area contributed by atoms with Crippen LogP contribution in [0.2, 0.25) is 5.15 Å². The van der Waals surface area contributed by atoms with E-state index in [4.69, 9.17) is 16.3 Å². The fourth-order valence-electron chi connectivity index (χ4n) is 2.04. The molecule has 0 N–H and O–H groups in total. The first-order chi connectivity index (χ1) is 7.77. The molecule has 82 valence electrons. The topological polar surface area (TPSA) is 25.4 Å². The lowest BCUT2D eigenvalue weighted by atomic mass is 10.1. The first kappa shape index (κ1) is 9.73. The summed E-state index contributed by atoms with van der Waals surface area (Å²) in [4.78, 5) is 6.26. The summed E-state index contributed by atoms with van der Waals surface area (Å²) in [6, 6.07) is 5.97. The lowest BCUT2D eigenvalue weighted by molar-refractivity contribution is 0.315. The normalized spacial score (nSPS) is 14.8. The standard InChI is InChI=1S/C12H11ClN2O/c1-15-6-7-16-11-8-4-5-14-12(13)9(8)2-3-10(11)15/h2-5H,6-7H2,1H3. The van der Waals surface area contributed by atoms with E-state index in [-0.39, 0.29) is 0 Å². The summed E-state index contributed by atoms with van der Waals surface area (Å²) in [6.07, 6.45) is 1.71. The summed E-state index contributed by atoms with van der Waals surface area (Å²) in [5.74, 6) is 0.913. The number of hydrogen-bond donors (Lipinski definition) is 0. The van der Waals surface area contributed by atoms with Crippen molar-refractivity contribution in [2.45, 2.75) is 0 Å². The van der Waals surface area contributed by atoms with Crippen LogP contribution < -0.4 is 9.64 Å². The van der Waals surface area contributed by atoms with Gasteiger partial charge in [0.2, 0.25) is 0 Å². The van der Waals surface area contributed by atoms with Gasteiger partial charge in [0.25, 0.3) is 0 Å². The Kier molecular flexibility index (Phi) is 2.14. The molecule has 0 bridgehead atoms. The van der Waals surface area contributed by atoms with Gasteiger partial charge in [-0.15, -0.1) is 0 Å². The minimum atomic E-state index is 0.525. The summed E-state index contributed by atoms with van der Waals surface area (Å²) >= 11 is 6.06. The van der Waals surface area contributed by atoms with E-state index in [1.807, 2.05) is 18.2 Å². The van der Waals surface area contributed by atoms with Crippen LogP contribution in [-0.2, 0) is 0 Å². The second-order valence-corrected chi connectivity index (χ2v) is 4.24. The molecule has 1 aromatic heterocycles. The van der Waals surface area contributed by atoms with E-state index in [1.165, 1.54) is 0 Å². The Morgan fingerprint density at radius 3 is 3.06 bits per heavy atom. The molecule has 3 nitrogen and oxygen atoms in total. The summed E-state index contributed by atoms with van der Waals surface area (Å²) in [5.41, 5.74) is 1.11. The highest BCUT2D eigenvalue weighted by molar-refractivity contribution is 6.34. The molecule has 2 aromatic rings. The third-order valence-corrected chi connectivity index (χ3v) is 3.21. The van der Waals surface area contributed by atoms with Crippen LogP contribution >= 0.6 is 11.6 Å². The van der Waals surface area contributed by atoms with Crippen molar-refractivity contribution in [1.29, 1.82) is 0 Å². The Bertz CT molecular complexity index is 556. The van der Waals surface area contributed by atoms with Crippen LogP contribution in [0.15, 0.2) is 24.4 Å². The predicted molar refractivity (Wildman–Crippen MR) is 65.5 cm³/mol. The fraction of sp³-hybridized carbons (Fsp3) is 0.250. The van der Waals surface area contributed by atoms with Gasteiger partial charge in [-0.25, -0.2) is 4.98 Å². The number of aromatic nitrogens is 1. The highest BCUT2D eigenvalue weighted by atomic mass is 35.5. The summed E-state index contributed by atoms with van der Waals surface area (Å²) < 4.78 is 5.73. The first-order valence-corrected chi connectivity index (χ1v) is 5.56. The molecule has 0 atom stereocenters. The van der Waals surface area contributed by atoms with Crippen LogP contribution in [-0.4, -0.2) is 25.2 Å². The monoisotopic (exact) mass is 234 g/mol. The maximum Gasteiger partial charge on any atom is 0.150 e. The second-order valence-electron chi connectivity index (χ2n) is 3.88. The van der Waals surface area contributed by atoms with Gasteiger partial charge in [-0.3, -0.25) is 0 Å². The molecule has 4 heteroatoms. The van der Waals surface area contributed by atoms with Crippen molar-refractivity contribution < 1.29 is 4.74 Å². The molecule has 0 radical (unpaired) electrons. The third kappa shape index (κ3) is 1.32. The van der Waals surface area contributed by atoms with Gasteiger partial charge in [0.05, 0.1) is 12.2 Å². The van der Waals surface area contributed by atoms with Gasteiger partial charge in [-0.05, 0) is 18.2 Å². The summed E-state index contributed by atoms with van der Waals surface area (Å²) in [5, 5.41) is 2.50. The molecule has 0 saturated carbocycles. The Morgan fingerprint density at radius 1 is 1.31 bits per heavy atom. The van der Waals surface area contributed by atoms with Gasteiger partial charge in [0.1, 0.15) is 11.8 Å². The van der Waals surface area contributed by atoms with Crippen LogP contribution in [0.5, 0.6) is 5.75 Å². The molecular weight excluding hydrogens is 224 g/mol. The minimum absolute atomic E-state index is 0.525. The van der Waals surface area contributed by atoms with Crippen LogP contribution in [0.1, 0.15) is 0 Å². The molecule has 0 amide bonds. The number of fused-ring (bicyclic) bond motifs is 3. The van der Waals surface area contributed by atoms with Crippen molar-refractivity contribution in [3.63, 3.8) is 0 Å². The van der Waals surface area contributed by atoms with Crippen molar-refractivity contribution in [2.75, 3.05) is 25.1 Å². The van der Waals surface area contributed by atoms with E-state index in [1.54, 1.807) is 6.20 Å². The zero-order valence-electron chi connectivity index (χ0n) is 8.90. The molecule has 0 saturated heterocycles. The van der Waals surface area contributed by atoms with Gasteiger partial charge in [0, 0.05) is 24.0 Å². The van der Waals surface area contributed by atoms with E-state index in [2.05, 4.69) is 16.9 Å². The number of nitrogens with zero attached hydrogens (tertiary/aromatic N) is 2. The second kappa shape index (κ2) is 3.52. The van der Waals surface area contributed by atoms with E-state index in [9.17, 15) is 0 Å². The molecule has 0 aliphatic carbocycles. The first-order valence-electron chi connectivity index (χ1n) is 5.18. The molecule has 0 fully saturated rings. The smallest absolute Gasteiger partial charge is 0.150 e. The molecule has 3 rings (SSSR count). The molecule has 2 heterocycles. The Labute approximate surface area is 98.6 Å². The van der Waals surface area contributed by atoms with Crippen LogP contribution in [0.25, 0.3) is 10.8 Å². The van der Waals surface area contributed by atoms with Crippen molar-refractivity contribution in [2.24, 2.45) is 0 Å². The van der Waals surface area contributed by atoms with Crippen LogP contribution in [0.4, 0.5) is 5.69 Å². The maximum absolute atomic E-state index is 6.06. The number of benzene rings is 1. The third-order valence-electron chi connectivity index (χ3n) is 2.91. The van der Waals surface area contributed by atoms with Gasteiger partial charge in [-0.2, -0.15) is 0 Å². The number of anilines is 1. The Hall–Kier alpha value is -1.48. The predicted octanol–water partition coefficient (Wildman–Crippen LogP) is 2.72. The molecular formula is C12H11ClN2O. The molecule has 0 spiro atoms. The zero-order chi connectivity index (χ0) is 11.1. The highest BCUT2D eigenvalue weighted by Crippen LogP contribution is 2.39. The van der Waals surface area contributed by atoms with E-state index < -0.39 is 0 Å². The fourth-order valence-corrected chi connectivity index (χ4v) is 2.26. The van der Waals surface area contributed by atoms with Crippen LogP contribution in [0.3, 0.4) is 0 Å². The lowest BCUT2D eigenvalue weighted by Crippen LogP contribution is -2.28. The lowest BCUT2D eigenvalue weighted by Gasteiger charge is -2.28. The quantitative estimate of drug-likeness (QED) is 0.656. The largest absolute Gasteiger partial charge is 0.489 e. The molecule has 0 unspecified atom stereocenters. The average Bonchev–Trinajstić information content (AvgIpc) is 2.30. The maximum atomic E-state index is 6.06. The van der Waals surface area contributed by atoms with Crippen molar-refractivity contribution >= 4 is 28.1 Å². The van der Waals surface area contributed by atoms with Crippen molar-refractivity contribution in [3.05, 3.63) is 29.5 Å². The number of rotatable bonds is 0. The van der Waals surface area contributed by atoms with Gasteiger partial charge >= 0.3 is 0 Å².